The molecule has 2 saturated heterocycles. The Hall–Kier alpha value is -2.17. The maximum Gasteiger partial charge on any atom is 0.416 e. The van der Waals surface area contributed by atoms with Gasteiger partial charge in [0.15, 0.2) is 0 Å². The number of nitrogens with one attached hydrogen (secondary N) is 2. The van der Waals surface area contributed by atoms with Gasteiger partial charge in [-0.05, 0) is 38.0 Å². The molecular formula is C21H28F3N3O4. The fourth-order valence-electron chi connectivity index (χ4n) is 4.03. The predicted molar refractivity (Wildman–Crippen MR) is 107 cm³/mol. The van der Waals surface area contributed by atoms with Gasteiger partial charge in [0.2, 0.25) is 5.91 Å². The van der Waals surface area contributed by atoms with Crippen molar-refractivity contribution in [2.24, 2.45) is 0 Å². The highest BCUT2D eigenvalue weighted by atomic mass is 19.4. The number of nitrogens with zero attached hydrogens (tertiary/aromatic N) is 1. The van der Waals surface area contributed by atoms with Gasteiger partial charge >= 0.3 is 6.18 Å². The SMILES string of the molecule is CCO[C@H]1CN(C2CCOCC2)C[C@@H]1NC(=O)CNC(=O)c1cccc(C(F)(F)F)c1. The van der Waals surface area contributed by atoms with E-state index in [-0.39, 0.29) is 24.3 Å². The lowest BCUT2D eigenvalue weighted by atomic mass is 10.1. The van der Waals surface area contributed by atoms with Crippen molar-refractivity contribution in [3.8, 4) is 0 Å². The van der Waals surface area contributed by atoms with Crippen molar-refractivity contribution in [1.82, 2.24) is 15.5 Å². The summed E-state index contributed by atoms with van der Waals surface area (Å²) in [6, 6.07) is 4.26. The molecule has 10 heteroatoms. The molecule has 1 aromatic carbocycles. The molecule has 0 aromatic heterocycles. The van der Waals surface area contributed by atoms with Gasteiger partial charge in [-0.1, -0.05) is 6.07 Å². The minimum absolute atomic E-state index is 0.152. The van der Waals surface area contributed by atoms with E-state index in [4.69, 9.17) is 9.47 Å². The second kappa shape index (κ2) is 10.4. The molecule has 2 atom stereocenters. The molecule has 2 fully saturated rings. The van der Waals surface area contributed by atoms with Crippen LogP contribution in [0.5, 0.6) is 0 Å². The molecule has 0 radical (unpaired) electrons. The third kappa shape index (κ3) is 6.41. The lowest BCUT2D eigenvalue weighted by Crippen LogP contribution is -2.48. The molecule has 0 spiro atoms. The average molecular weight is 443 g/mol. The van der Waals surface area contributed by atoms with Crippen molar-refractivity contribution < 1.29 is 32.2 Å². The Bertz CT molecular complexity index is 768. The molecule has 2 heterocycles. The van der Waals surface area contributed by atoms with Crippen LogP contribution in [-0.2, 0) is 20.4 Å². The summed E-state index contributed by atoms with van der Waals surface area (Å²) in [5.74, 6) is -1.15. The summed E-state index contributed by atoms with van der Waals surface area (Å²) in [7, 11) is 0. The van der Waals surface area contributed by atoms with E-state index in [1.807, 2.05) is 6.92 Å². The topological polar surface area (TPSA) is 79.9 Å². The third-order valence-corrected chi connectivity index (χ3v) is 5.59. The maximum absolute atomic E-state index is 12.8. The second-order valence-electron chi connectivity index (χ2n) is 7.73. The number of benzene rings is 1. The van der Waals surface area contributed by atoms with E-state index in [1.165, 1.54) is 6.07 Å². The van der Waals surface area contributed by atoms with Gasteiger partial charge in [-0.3, -0.25) is 14.5 Å². The number of halogens is 3. The predicted octanol–water partition coefficient (Wildman–Crippen LogP) is 1.82. The van der Waals surface area contributed by atoms with Gasteiger partial charge in [0.1, 0.15) is 0 Å². The lowest BCUT2D eigenvalue weighted by molar-refractivity contribution is -0.137. The Morgan fingerprint density at radius 3 is 2.65 bits per heavy atom. The van der Waals surface area contributed by atoms with Gasteiger partial charge in [0.25, 0.3) is 5.91 Å². The number of likely N-dealkylation sites (tertiary alicyclic amines) is 1. The van der Waals surface area contributed by atoms with Crippen molar-refractivity contribution in [2.75, 3.05) is 39.5 Å². The van der Waals surface area contributed by atoms with Gasteiger partial charge < -0.3 is 20.1 Å². The normalized spacial score (nSPS) is 23.0. The number of rotatable bonds is 7. The number of alkyl halides is 3. The summed E-state index contributed by atoms with van der Waals surface area (Å²) >= 11 is 0. The number of hydrogen-bond donors (Lipinski definition) is 2. The van der Waals surface area contributed by atoms with Crippen LogP contribution in [0.2, 0.25) is 0 Å². The number of hydrogen-bond acceptors (Lipinski definition) is 5. The Morgan fingerprint density at radius 2 is 1.97 bits per heavy atom. The molecule has 1 aromatic rings. The lowest BCUT2D eigenvalue weighted by Gasteiger charge is -2.30. The van der Waals surface area contributed by atoms with E-state index < -0.39 is 23.6 Å². The van der Waals surface area contributed by atoms with E-state index in [1.54, 1.807) is 0 Å². The molecule has 2 aliphatic heterocycles. The molecule has 0 bridgehead atoms. The molecule has 3 rings (SSSR count). The van der Waals surface area contributed by atoms with Gasteiger partial charge in [-0.2, -0.15) is 13.2 Å². The van der Waals surface area contributed by atoms with Crippen LogP contribution in [0.3, 0.4) is 0 Å². The van der Waals surface area contributed by atoms with Crippen LogP contribution in [0, 0.1) is 0 Å². The van der Waals surface area contributed by atoms with E-state index in [0.29, 0.717) is 25.7 Å². The van der Waals surface area contributed by atoms with Crippen LogP contribution >= 0.6 is 0 Å². The molecule has 0 aliphatic carbocycles. The van der Waals surface area contributed by atoms with Crippen LogP contribution in [-0.4, -0.2) is 74.4 Å². The van der Waals surface area contributed by atoms with Crippen molar-refractivity contribution in [1.29, 1.82) is 0 Å². The Balaban J connectivity index is 1.52. The molecule has 0 unspecified atom stereocenters. The Labute approximate surface area is 179 Å². The zero-order valence-corrected chi connectivity index (χ0v) is 17.4. The summed E-state index contributed by atoms with van der Waals surface area (Å²) in [4.78, 5) is 26.9. The zero-order valence-electron chi connectivity index (χ0n) is 17.4. The average Bonchev–Trinajstić information content (AvgIpc) is 3.15. The first-order valence-electron chi connectivity index (χ1n) is 10.5. The van der Waals surface area contributed by atoms with Crippen molar-refractivity contribution in [3.63, 3.8) is 0 Å². The highest BCUT2D eigenvalue weighted by molar-refractivity contribution is 5.96. The molecular weight excluding hydrogens is 415 g/mol. The fraction of sp³-hybridized carbons (Fsp3) is 0.619. The van der Waals surface area contributed by atoms with Crippen LogP contribution in [0.1, 0.15) is 35.7 Å². The van der Waals surface area contributed by atoms with Gasteiger partial charge in [0.05, 0.1) is 24.3 Å². The van der Waals surface area contributed by atoms with Crippen molar-refractivity contribution in [2.45, 2.75) is 44.1 Å². The highest BCUT2D eigenvalue weighted by Gasteiger charge is 2.38. The van der Waals surface area contributed by atoms with Crippen LogP contribution < -0.4 is 10.6 Å². The summed E-state index contributed by atoms with van der Waals surface area (Å²) < 4.78 is 49.7. The standard InChI is InChI=1S/C21H28F3N3O4/c1-2-31-18-13-27(16-6-8-30-9-7-16)12-17(18)26-19(28)11-25-20(29)14-4-3-5-15(10-14)21(22,23)24/h3-5,10,16-18H,2,6-9,11-13H2,1H3,(H,25,29)(H,26,28)/t17-,18-/m0/s1. The van der Waals surface area contributed by atoms with Gasteiger partial charge in [-0.15, -0.1) is 0 Å². The van der Waals surface area contributed by atoms with Gasteiger partial charge in [-0.25, -0.2) is 0 Å². The maximum atomic E-state index is 12.8. The Morgan fingerprint density at radius 1 is 1.23 bits per heavy atom. The molecule has 2 amide bonds. The first-order valence-corrected chi connectivity index (χ1v) is 10.5. The zero-order chi connectivity index (χ0) is 22.4. The largest absolute Gasteiger partial charge is 0.416 e. The highest BCUT2D eigenvalue weighted by Crippen LogP contribution is 2.29. The number of amides is 2. The van der Waals surface area contributed by atoms with Crippen LogP contribution in [0.25, 0.3) is 0 Å². The summed E-state index contributed by atoms with van der Waals surface area (Å²) in [5.41, 5.74) is -1.07. The molecule has 2 aliphatic rings. The van der Waals surface area contributed by atoms with Crippen molar-refractivity contribution >= 4 is 11.8 Å². The fourth-order valence-corrected chi connectivity index (χ4v) is 4.03. The van der Waals surface area contributed by atoms with Crippen LogP contribution in [0.4, 0.5) is 13.2 Å². The smallest absolute Gasteiger partial charge is 0.381 e. The van der Waals surface area contributed by atoms with E-state index in [0.717, 1.165) is 44.3 Å². The molecule has 2 N–H and O–H groups in total. The minimum atomic E-state index is -4.54. The quantitative estimate of drug-likeness (QED) is 0.672. The monoisotopic (exact) mass is 443 g/mol. The minimum Gasteiger partial charge on any atom is -0.381 e. The first-order chi connectivity index (χ1) is 14.8. The Kier molecular flexibility index (Phi) is 7.90. The van der Waals surface area contributed by atoms with E-state index >= 15 is 0 Å². The third-order valence-electron chi connectivity index (χ3n) is 5.59. The molecule has 172 valence electrons. The number of carbonyl (C=O) groups is 2. The summed E-state index contributed by atoms with van der Waals surface area (Å²) in [6.07, 6.45) is -2.82. The summed E-state index contributed by atoms with van der Waals surface area (Å²) in [6.45, 7) is 4.87. The van der Waals surface area contributed by atoms with E-state index in [2.05, 4.69) is 15.5 Å². The summed E-state index contributed by atoms with van der Waals surface area (Å²) in [5, 5.41) is 5.28. The number of carbonyl (C=O) groups excluding carboxylic acids is 2. The van der Waals surface area contributed by atoms with Crippen LogP contribution in [0.15, 0.2) is 24.3 Å². The molecule has 7 nitrogen and oxygen atoms in total. The molecule has 0 saturated carbocycles. The molecule has 31 heavy (non-hydrogen) atoms. The first kappa shape index (κ1) is 23.5. The van der Waals surface area contributed by atoms with E-state index in [9.17, 15) is 22.8 Å². The number of ether oxygens (including phenoxy) is 2. The van der Waals surface area contributed by atoms with Gasteiger partial charge in [0, 0.05) is 44.5 Å². The van der Waals surface area contributed by atoms with Crippen molar-refractivity contribution in [3.05, 3.63) is 35.4 Å². The second-order valence-corrected chi connectivity index (χ2v) is 7.73.